The second kappa shape index (κ2) is 6.90. The molecule has 2 rings (SSSR count). The second-order valence-electron chi connectivity index (χ2n) is 4.55. The molecule has 0 radical (unpaired) electrons. The lowest BCUT2D eigenvalue weighted by Gasteiger charge is -2.32. The van der Waals surface area contributed by atoms with Gasteiger partial charge >= 0.3 is 0 Å². The first-order valence-corrected chi connectivity index (χ1v) is 6.54. The van der Waals surface area contributed by atoms with Crippen molar-refractivity contribution in [3.8, 4) is 6.07 Å². The van der Waals surface area contributed by atoms with Crippen molar-refractivity contribution in [2.75, 3.05) is 37.0 Å². The number of nitriles is 1. The van der Waals surface area contributed by atoms with Gasteiger partial charge in [0.1, 0.15) is 18.0 Å². The van der Waals surface area contributed by atoms with Gasteiger partial charge in [-0.3, -0.25) is 0 Å². The van der Waals surface area contributed by atoms with Gasteiger partial charge in [-0.05, 0) is 12.8 Å². The standard InChI is InChI=1S/C13H19N5O/c1-18(11-3-7-19-8-4-11)13-9-12(16-10-17-13)15-6-2-5-14/h9-11H,2-4,6-8H2,1H3,(H,15,16,17). The van der Waals surface area contributed by atoms with E-state index in [4.69, 9.17) is 10.00 Å². The van der Waals surface area contributed by atoms with Crippen molar-refractivity contribution in [1.29, 1.82) is 5.26 Å². The van der Waals surface area contributed by atoms with Gasteiger partial charge in [-0.15, -0.1) is 0 Å². The van der Waals surface area contributed by atoms with Crippen LogP contribution in [0.25, 0.3) is 0 Å². The summed E-state index contributed by atoms with van der Waals surface area (Å²) in [5.41, 5.74) is 0. The molecule has 1 aromatic rings. The molecule has 0 aliphatic carbocycles. The highest BCUT2D eigenvalue weighted by molar-refractivity contribution is 5.48. The van der Waals surface area contributed by atoms with E-state index >= 15 is 0 Å². The molecule has 0 saturated carbocycles. The zero-order valence-electron chi connectivity index (χ0n) is 11.2. The van der Waals surface area contributed by atoms with Gasteiger partial charge in [0.15, 0.2) is 0 Å². The Hall–Kier alpha value is -1.87. The van der Waals surface area contributed by atoms with Gasteiger partial charge in [-0.2, -0.15) is 5.26 Å². The first-order chi connectivity index (χ1) is 9.31. The minimum absolute atomic E-state index is 0.467. The number of rotatable bonds is 5. The molecule has 0 atom stereocenters. The van der Waals surface area contributed by atoms with Gasteiger partial charge < -0.3 is 15.0 Å². The average Bonchev–Trinajstić information content (AvgIpc) is 2.48. The summed E-state index contributed by atoms with van der Waals surface area (Å²) in [5, 5.41) is 11.6. The van der Waals surface area contributed by atoms with Gasteiger partial charge in [-0.1, -0.05) is 0 Å². The number of ether oxygens (including phenoxy) is 1. The molecule has 6 heteroatoms. The lowest BCUT2D eigenvalue weighted by atomic mass is 10.1. The second-order valence-corrected chi connectivity index (χ2v) is 4.55. The molecule has 0 amide bonds. The number of aromatic nitrogens is 2. The molecule has 1 aliphatic rings. The van der Waals surface area contributed by atoms with Gasteiger partial charge in [0.2, 0.25) is 0 Å². The van der Waals surface area contributed by atoms with Gasteiger partial charge in [0.05, 0.1) is 12.5 Å². The molecule has 1 aliphatic heterocycles. The van der Waals surface area contributed by atoms with Crippen molar-refractivity contribution in [2.45, 2.75) is 25.3 Å². The number of hydrogen-bond donors (Lipinski definition) is 1. The molecular weight excluding hydrogens is 242 g/mol. The maximum atomic E-state index is 8.51. The molecule has 2 heterocycles. The number of nitrogens with zero attached hydrogens (tertiary/aromatic N) is 4. The van der Waals surface area contributed by atoms with Gasteiger partial charge in [0.25, 0.3) is 0 Å². The first-order valence-electron chi connectivity index (χ1n) is 6.54. The third-order valence-corrected chi connectivity index (χ3v) is 3.30. The van der Waals surface area contributed by atoms with Crippen LogP contribution in [0.3, 0.4) is 0 Å². The summed E-state index contributed by atoms with van der Waals surface area (Å²) in [6.45, 7) is 2.23. The number of hydrogen-bond acceptors (Lipinski definition) is 6. The molecule has 0 unspecified atom stereocenters. The average molecular weight is 261 g/mol. The Labute approximate surface area is 113 Å². The smallest absolute Gasteiger partial charge is 0.134 e. The zero-order chi connectivity index (χ0) is 13.5. The summed E-state index contributed by atoms with van der Waals surface area (Å²) in [6.07, 6.45) is 4.07. The summed E-state index contributed by atoms with van der Waals surface area (Å²) in [6, 6.07) is 4.49. The first kappa shape index (κ1) is 13.6. The molecule has 1 aromatic heterocycles. The minimum atomic E-state index is 0.467. The Morgan fingerprint density at radius 3 is 3.00 bits per heavy atom. The van der Waals surface area contributed by atoms with Crippen molar-refractivity contribution in [3.05, 3.63) is 12.4 Å². The number of anilines is 2. The van der Waals surface area contributed by atoms with E-state index in [-0.39, 0.29) is 0 Å². The fourth-order valence-electron chi connectivity index (χ4n) is 2.14. The highest BCUT2D eigenvalue weighted by atomic mass is 16.5. The van der Waals surface area contributed by atoms with E-state index in [1.54, 1.807) is 6.33 Å². The monoisotopic (exact) mass is 261 g/mol. The molecule has 6 nitrogen and oxygen atoms in total. The highest BCUT2D eigenvalue weighted by Crippen LogP contribution is 2.20. The van der Waals surface area contributed by atoms with Crippen LogP contribution in [-0.2, 0) is 4.74 Å². The molecule has 0 aromatic carbocycles. The third-order valence-electron chi connectivity index (χ3n) is 3.30. The van der Waals surface area contributed by atoms with Crippen molar-refractivity contribution >= 4 is 11.6 Å². The molecule has 1 N–H and O–H groups in total. The van der Waals surface area contributed by atoms with Crippen LogP contribution in [0.5, 0.6) is 0 Å². The van der Waals surface area contributed by atoms with Gasteiger partial charge in [-0.25, -0.2) is 9.97 Å². The summed E-state index contributed by atoms with van der Waals surface area (Å²) in [7, 11) is 2.05. The predicted molar refractivity (Wildman–Crippen MR) is 73.0 cm³/mol. The maximum Gasteiger partial charge on any atom is 0.134 e. The van der Waals surface area contributed by atoms with Crippen molar-refractivity contribution in [3.63, 3.8) is 0 Å². The molecule has 0 bridgehead atoms. The minimum Gasteiger partial charge on any atom is -0.381 e. The van der Waals surface area contributed by atoms with Crippen LogP contribution in [0.1, 0.15) is 19.3 Å². The van der Waals surface area contributed by atoms with E-state index in [0.29, 0.717) is 19.0 Å². The Morgan fingerprint density at radius 2 is 2.26 bits per heavy atom. The zero-order valence-corrected chi connectivity index (χ0v) is 11.2. The van der Waals surface area contributed by atoms with Crippen molar-refractivity contribution in [1.82, 2.24) is 9.97 Å². The van der Waals surface area contributed by atoms with Crippen LogP contribution in [0.2, 0.25) is 0 Å². The van der Waals surface area contributed by atoms with Crippen LogP contribution in [0, 0.1) is 11.3 Å². The number of nitrogens with one attached hydrogen (secondary N) is 1. The molecule has 0 spiro atoms. The lowest BCUT2D eigenvalue weighted by Crippen LogP contribution is -2.37. The molecule has 1 fully saturated rings. The van der Waals surface area contributed by atoms with Crippen molar-refractivity contribution < 1.29 is 4.74 Å². The summed E-state index contributed by atoms with van der Waals surface area (Å²) in [4.78, 5) is 10.6. The summed E-state index contributed by atoms with van der Waals surface area (Å²) >= 11 is 0. The van der Waals surface area contributed by atoms with E-state index in [0.717, 1.165) is 37.7 Å². The fourth-order valence-corrected chi connectivity index (χ4v) is 2.14. The Balaban J connectivity index is 1.98. The van der Waals surface area contributed by atoms with Crippen LogP contribution < -0.4 is 10.2 Å². The lowest BCUT2D eigenvalue weighted by molar-refractivity contribution is 0.0853. The summed E-state index contributed by atoms with van der Waals surface area (Å²) < 4.78 is 5.37. The molecule has 1 saturated heterocycles. The maximum absolute atomic E-state index is 8.51. The SMILES string of the molecule is CN(c1cc(NCCC#N)ncn1)C1CCOCC1. The Bertz CT molecular complexity index is 439. The van der Waals surface area contributed by atoms with E-state index < -0.39 is 0 Å². The largest absolute Gasteiger partial charge is 0.381 e. The third kappa shape index (κ3) is 3.80. The van der Waals surface area contributed by atoms with E-state index in [2.05, 4.69) is 33.3 Å². The summed E-state index contributed by atoms with van der Waals surface area (Å²) in [5.74, 6) is 1.67. The molecule has 19 heavy (non-hydrogen) atoms. The molecule has 102 valence electrons. The van der Waals surface area contributed by atoms with Crippen LogP contribution >= 0.6 is 0 Å². The Morgan fingerprint density at radius 1 is 1.47 bits per heavy atom. The topological polar surface area (TPSA) is 74.1 Å². The predicted octanol–water partition coefficient (Wildman–Crippen LogP) is 1.42. The quantitative estimate of drug-likeness (QED) is 0.808. The Kier molecular flexibility index (Phi) is 4.93. The van der Waals surface area contributed by atoms with E-state index in [9.17, 15) is 0 Å². The van der Waals surface area contributed by atoms with Crippen LogP contribution in [0.15, 0.2) is 12.4 Å². The molecular formula is C13H19N5O. The highest BCUT2D eigenvalue weighted by Gasteiger charge is 2.19. The van der Waals surface area contributed by atoms with E-state index in [1.807, 2.05) is 6.07 Å². The van der Waals surface area contributed by atoms with Crippen LogP contribution in [0.4, 0.5) is 11.6 Å². The van der Waals surface area contributed by atoms with Crippen molar-refractivity contribution in [2.24, 2.45) is 0 Å². The normalized spacial score (nSPS) is 15.8. The van der Waals surface area contributed by atoms with Crippen LogP contribution in [-0.4, -0.2) is 42.8 Å². The van der Waals surface area contributed by atoms with E-state index in [1.165, 1.54) is 0 Å². The van der Waals surface area contributed by atoms with Gasteiger partial charge in [0, 0.05) is 38.9 Å². The fraction of sp³-hybridized carbons (Fsp3) is 0.615.